The lowest BCUT2D eigenvalue weighted by Gasteiger charge is -2.35. The number of para-hydroxylation sites is 1. The number of aromatic nitrogens is 2. The second-order valence-electron chi connectivity index (χ2n) is 7.35. The monoisotopic (exact) mass is 436 g/mol. The van der Waals surface area contributed by atoms with Gasteiger partial charge in [0.05, 0.1) is 13.5 Å². The van der Waals surface area contributed by atoms with Crippen LogP contribution in [0.2, 0.25) is 0 Å². The molecule has 160 valence electrons. The summed E-state index contributed by atoms with van der Waals surface area (Å²) in [6, 6.07) is 17.1. The molecule has 1 N–H and O–H groups in total. The SMILES string of the molecule is COc1cccc(CC(=O)N2CCN(C(=O)c3c[nH]c(=S)n3-c3ccccc3)CC2)c1. The third-order valence-electron chi connectivity index (χ3n) is 5.42. The number of carbonyl (C=O) groups excluding carboxylic acids is 2. The smallest absolute Gasteiger partial charge is 0.272 e. The Hall–Kier alpha value is -3.39. The molecule has 1 aliphatic heterocycles. The van der Waals surface area contributed by atoms with Gasteiger partial charge in [-0.1, -0.05) is 30.3 Å². The fourth-order valence-electron chi connectivity index (χ4n) is 3.75. The molecule has 7 nitrogen and oxygen atoms in total. The first-order chi connectivity index (χ1) is 15.1. The van der Waals surface area contributed by atoms with E-state index in [0.29, 0.717) is 43.1 Å². The average molecular weight is 437 g/mol. The van der Waals surface area contributed by atoms with E-state index in [1.807, 2.05) is 59.5 Å². The molecular formula is C23H24N4O3S. The summed E-state index contributed by atoms with van der Waals surface area (Å²) in [5.41, 5.74) is 2.24. The summed E-state index contributed by atoms with van der Waals surface area (Å²) in [7, 11) is 1.61. The van der Waals surface area contributed by atoms with Gasteiger partial charge in [-0.3, -0.25) is 14.2 Å². The van der Waals surface area contributed by atoms with Gasteiger partial charge in [0, 0.05) is 38.1 Å². The molecule has 2 heterocycles. The fraction of sp³-hybridized carbons (Fsp3) is 0.261. The largest absolute Gasteiger partial charge is 0.497 e. The van der Waals surface area contributed by atoms with Gasteiger partial charge in [0.15, 0.2) is 4.77 Å². The second kappa shape index (κ2) is 9.18. The molecule has 0 saturated carbocycles. The maximum Gasteiger partial charge on any atom is 0.272 e. The minimum atomic E-state index is -0.101. The molecule has 8 heteroatoms. The Balaban J connectivity index is 1.41. The minimum absolute atomic E-state index is 0.0502. The van der Waals surface area contributed by atoms with E-state index in [4.69, 9.17) is 17.0 Å². The first kappa shape index (κ1) is 20.9. The van der Waals surface area contributed by atoms with Gasteiger partial charge in [-0.05, 0) is 42.0 Å². The van der Waals surface area contributed by atoms with Crippen LogP contribution in [0, 0.1) is 4.77 Å². The van der Waals surface area contributed by atoms with Crippen molar-refractivity contribution in [3.05, 3.63) is 76.8 Å². The zero-order chi connectivity index (χ0) is 21.8. The third kappa shape index (κ3) is 4.54. The highest BCUT2D eigenvalue weighted by molar-refractivity contribution is 7.71. The summed E-state index contributed by atoms with van der Waals surface area (Å²) in [5.74, 6) is 0.685. The summed E-state index contributed by atoms with van der Waals surface area (Å²) in [6.07, 6.45) is 1.97. The highest BCUT2D eigenvalue weighted by Crippen LogP contribution is 2.17. The van der Waals surface area contributed by atoms with Crippen LogP contribution in [0.5, 0.6) is 5.75 Å². The Morgan fingerprint density at radius 3 is 2.42 bits per heavy atom. The van der Waals surface area contributed by atoms with Crippen LogP contribution in [0.25, 0.3) is 5.69 Å². The number of nitrogens with zero attached hydrogens (tertiary/aromatic N) is 3. The molecule has 3 aromatic rings. The zero-order valence-electron chi connectivity index (χ0n) is 17.3. The van der Waals surface area contributed by atoms with E-state index in [9.17, 15) is 9.59 Å². The van der Waals surface area contributed by atoms with Crippen molar-refractivity contribution in [2.75, 3.05) is 33.3 Å². The van der Waals surface area contributed by atoms with Gasteiger partial charge in [-0.15, -0.1) is 0 Å². The maximum atomic E-state index is 13.2. The Kier molecular flexibility index (Phi) is 6.18. The van der Waals surface area contributed by atoms with Crippen molar-refractivity contribution in [3.8, 4) is 11.4 Å². The number of amides is 2. The van der Waals surface area contributed by atoms with Crippen LogP contribution in [-0.2, 0) is 11.2 Å². The van der Waals surface area contributed by atoms with Crippen LogP contribution >= 0.6 is 12.2 Å². The fourth-order valence-corrected chi connectivity index (χ4v) is 4.01. The van der Waals surface area contributed by atoms with Crippen molar-refractivity contribution in [1.29, 1.82) is 0 Å². The quantitative estimate of drug-likeness (QED) is 0.624. The molecule has 1 aromatic heterocycles. The first-order valence-corrected chi connectivity index (χ1v) is 10.5. The Morgan fingerprint density at radius 2 is 1.71 bits per heavy atom. The predicted molar refractivity (Wildman–Crippen MR) is 120 cm³/mol. The molecule has 0 bridgehead atoms. The standard InChI is InChI=1S/C23H24N4O3S/c1-30-19-9-5-6-17(14-19)15-21(28)25-10-12-26(13-11-25)22(29)20-16-24-23(31)27(20)18-7-3-2-4-8-18/h2-9,14,16H,10-13,15H2,1H3,(H,24,31). The van der Waals surface area contributed by atoms with Gasteiger partial charge in [-0.25, -0.2) is 0 Å². The van der Waals surface area contributed by atoms with Crippen LogP contribution in [0.3, 0.4) is 0 Å². The number of carbonyl (C=O) groups is 2. The zero-order valence-corrected chi connectivity index (χ0v) is 18.1. The van der Waals surface area contributed by atoms with Gasteiger partial charge in [0.1, 0.15) is 11.4 Å². The molecule has 1 aliphatic rings. The second-order valence-corrected chi connectivity index (χ2v) is 7.74. The lowest BCUT2D eigenvalue weighted by molar-refractivity contribution is -0.131. The van der Waals surface area contributed by atoms with Crippen LogP contribution in [0.15, 0.2) is 60.8 Å². The molecule has 0 aliphatic carbocycles. The molecule has 1 saturated heterocycles. The lowest BCUT2D eigenvalue weighted by Crippen LogP contribution is -2.51. The number of piperazine rings is 1. The predicted octanol–water partition coefficient (Wildman–Crippen LogP) is 3.07. The van der Waals surface area contributed by atoms with E-state index in [1.165, 1.54) is 0 Å². The highest BCUT2D eigenvalue weighted by atomic mass is 32.1. The summed E-state index contributed by atoms with van der Waals surface area (Å²) >= 11 is 5.38. The molecule has 31 heavy (non-hydrogen) atoms. The normalized spacial score (nSPS) is 13.8. The number of rotatable bonds is 5. The van der Waals surface area contributed by atoms with Crippen molar-refractivity contribution >= 4 is 24.0 Å². The number of nitrogens with one attached hydrogen (secondary N) is 1. The first-order valence-electron chi connectivity index (χ1n) is 10.1. The van der Waals surface area contributed by atoms with Crippen LogP contribution in [-0.4, -0.2) is 64.5 Å². The minimum Gasteiger partial charge on any atom is -0.497 e. The van der Waals surface area contributed by atoms with E-state index < -0.39 is 0 Å². The summed E-state index contributed by atoms with van der Waals surface area (Å²) in [6.45, 7) is 1.97. The number of imidazole rings is 1. The van der Waals surface area contributed by atoms with E-state index in [0.717, 1.165) is 17.0 Å². The Bertz CT molecular complexity index is 1130. The van der Waals surface area contributed by atoms with Gasteiger partial charge in [0.25, 0.3) is 5.91 Å². The molecule has 0 radical (unpaired) electrons. The van der Waals surface area contributed by atoms with Crippen molar-refractivity contribution in [2.24, 2.45) is 0 Å². The molecule has 0 atom stereocenters. The van der Waals surface area contributed by atoms with Gasteiger partial charge in [-0.2, -0.15) is 0 Å². The number of hydrogen-bond donors (Lipinski definition) is 1. The summed E-state index contributed by atoms with van der Waals surface area (Å²) in [5, 5.41) is 0. The number of hydrogen-bond acceptors (Lipinski definition) is 4. The molecule has 1 fully saturated rings. The van der Waals surface area contributed by atoms with Gasteiger partial charge >= 0.3 is 0 Å². The van der Waals surface area contributed by atoms with Crippen molar-refractivity contribution in [2.45, 2.75) is 6.42 Å². The Labute approximate surface area is 185 Å². The lowest BCUT2D eigenvalue weighted by atomic mass is 10.1. The van der Waals surface area contributed by atoms with Crippen molar-refractivity contribution in [3.63, 3.8) is 0 Å². The number of aromatic amines is 1. The molecule has 0 spiro atoms. The van der Waals surface area contributed by atoms with E-state index in [-0.39, 0.29) is 11.8 Å². The molecule has 2 amide bonds. The van der Waals surface area contributed by atoms with Crippen molar-refractivity contribution in [1.82, 2.24) is 19.4 Å². The molecule has 0 unspecified atom stereocenters. The number of ether oxygens (including phenoxy) is 1. The number of methoxy groups -OCH3 is 1. The third-order valence-corrected chi connectivity index (χ3v) is 5.72. The summed E-state index contributed by atoms with van der Waals surface area (Å²) < 4.78 is 7.45. The van der Waals surface area contributed by atoms with Crippen LogP contribution < -0.4 is 4.74 Å². The topological polar surface area (TPSA) is 70.6 Å². The number of H-pyrrole nitrogens is 1. The van der Waals surface area contributed by atoms with Gasteiger partial charge < -0.3 is 19.5 Å². The van der Waals surface area contributed by atoms with Gasteiger partial charge in [0.2, 0.25) is 5.91 Å². The maximum absolute atomic E-state index is 13.2. The van der Waals surface area contributed by atoms with E-state index in [2.05, 4.69) is 4.98 Å². The summed E-state index contributed by atoms with van der Waals surface area (Å²) in [4.78, 5) is 32.4. The molecule has 2 aromatic carbocycles. The van der Waals surface area contributed by atoms with Crippen molar-refractivity contribution < 1.29 is 14.3 Å². The highest BCUT2D eigenvalue weighted by Gasteiger charge is 2.27. The Morgan fingerprint density at radius 1 is 1.00 bits per heavy atom. The molecule has 4 rings (SSSR count). The average Bonchev–Trinajstić information content (AvgIpc) is 3.20. The van der Waals surface area contributed by atoms with Crippen LogP contribution in [0.1, 0.15) is 16.1 Å². The van der Waals surface area contributed by atoms with E-state index in [1.54, 1.807) is 22.8 Å². The molecular weight excluding hydrogens is 412 g/mol. The van der Waals surface area contributed by atoms with Crippen LogP contribution in [0.4, 0.5) is 0 Å². The number of benzene rings is 2. The van der Waals surface area contributed by atoms with E-state index >= 15 is 0 Å².